The number of aryl methyl sites for hydroxylation is 1. The highest BCUT2D eigenvalue weighted by atomic mass is 79.9. The van der Waals surface area contributed by atoms with Crippen LogP contribution in [0.2, 0.25) is 0 Å². The van der Waals surface area contributed by atoms with Crippen LogP contribution in [-0.4, -0.2) is 24.4 Å². The fourth-order valence-electron chi connectivity index (χ4n) is 3.13. The molecule has 1 heterocycles. The second kappa shape index (κ2) is 8.12. The molecule has 0 saturated heterocycles. The van der Waals surface area contributed by atoms with E-state index >= 15 is 0 Å². The van der Waals surface area contributed by atoms with E-state index in [0.29, 0.717) is 22.6 Å². The summed E-state index contributed by atoms with van der Waals surface area (Å²) < 4.78 is 11.6. The van der Waals surface area contributed by atoms with Gasteiger partial charge >= 0.3 is 5.97 Å². The third-order valence-electron chi connectivity index (χ3n) is 4.53. The van der Waals surface area contributed by atoms with Gasteiger partial charge in [0.15, 0.2) is 6.61 Å². The zero-order valence-corrected chi connectivity index (χ0v) is 17.5. The number of imide groups is 1. The van der Waals surface area contributed by atoms with E-state index in [2.05, 4.69) is 15.9 Å². The van der Waals surface area contributed by atoms with Crippen molar-refractivity contribution in [3.8, 4) is 11.5 Å². The maximum Gasteiger partial charge on any atom is 0.349 e. The number of hydrogen-bond acceptors (Lipinski definition) is 5. The van der Waals surface area contributed by atoms with Crippen molar-refractivity contribution < 1.29 is 23.9 Å². The second-order valence-corrected chi connectivity index (χ2v) is 7.54. The molecule has 30 heavy (non-hydrogen) atoms. The molecule has 1 aliphatic heterocycles. The van der Waals surface area contributed by atoms with Crippen LogP contribution in [0.25, 0.3) is 0 Å². The Balaban J connectivity index is 1.46. The number of anilines is 1. The topological polar surface area (TPSA) is 72.9 Å². The van der Waals surface area contributed by atoms with Crippen LogP contribution < -0.4 is 14.4 Å². The Labute approximate surface area is 181 Å². The minimum Gasteiger partial charge on any atom is -0.481 e. The lowest BCUT2D eigenvalue weighted by atomic mass is 10.1. The Morgan fingerprint density at radius 1 is 0.933 bits per heavy atom. The largest absolute Gasteiger partial charge is 0.481 e. The third-order valence-corrected chi connectivity index (χ3v) is 5.15. The Hall–Kier alpha value is -3.45. The van der Waals surface area contributed by atoms with Gasteiger partial charge in [0.05, 0.1) is 21.3 Å². The quantitative estimate of drug-likeness (QED) is 0.314. The van der Waals surface area contributed by atoms with E-state index in [9.17, 15) is 14.4 Å². The Morgan fingerprint density at radius 3 is 2.30 bits per heavy atom. The predicted octanol–water partition coefficient (Wildman–Crippen LogP) is 4.54. The standard InChI is InChI=1S/C23H16BrNO5/c1-14-9-10-20(19(24)11-14)29-13-21(26)30-16-6-4-5-15(12-16)25-22(27)17-7-2-3-8-18(17)23(25)28/h2-12H,13H2,1H3. The van der Waals surface area contributed by atoms with Gasteiger partial charge in [0.25, 0.3) is 11.8 Å². The van der Waals surface area contributed by atoms with E-state index < -0.39 is 17.8 Å². The van der Waals surface area contributed by atoms with Crippen molar-refractivity contribution >= 4 is 39.4 Å². The second-order valence-electron chi connectivity index (χ2n) is 6.69. The van der Waals surface area contributed by atoms with Crippen LogP contribution in [0, 0.1) is 6.92 Å². The molecule has 150 valence electrons. The lowest BCUT2D eigenvalue weighted by Crippen LogP contribution is -2.29. The molecule has 0 aromatic heterocycles. The molecule has 2 amide bonds. The van der Waals surface area contributed by atoms with Gasteiger partial charge in [-0.3, -0.25) is 9.59 Å². The normalized spacial score (nSPS) is 12.7. The van der Waals surface area contributed by atoms with E-state index in [4.69, 9.17) is 9.47 Å². The molecule has 6 nitrogen and oxygen atoms in total. The van der Waals surface area contributed by atoms with Gasteiger partial charge in [-0.15, -0.1) is 0 Å². The van der Waals surface area contributed by atoms with Crippen LogP contribution in [0.4, 0.5) is 5.69 Å². The number of carbonyl (C=O) groups is 3. The SMILES string of the molecule is Cc1ccc(OCC(=O)Oc2cccc(N3C(=O)c4ccccc4C3=O)c2)c(Br)c1. The Bertz CT molecular complexity index is 1140. The predicted molar refractivity (Wildman–Crippen MR) is 114 cm³/mol. The van der Waals surface area contributed by atoms with Crippen molar-refractivity contribution in [2.24, 2.45) is 0 Å². The summed E-state index contributed by atoms with van der Waals surface area (Å²) in [5, 5.41) is 0. The maximum absolute atomic E-state index is 12.6. The minimum absolute atomic E-state index is 0.209. The van der Waals surface area contributed by atoms with Gasteiger partial charge in [0.1, 0.15) is 11.5 Å². The summed E-state index contributed by atoms with van der Waals surface area (Å²) in [5.41, 5.74) is 2.08. The third kappa shape index (κ3) is 3.84. The summed E-state index contributed by atoms with van der Waals surface area (Å²) in [6.45, 7) is 1.66. The van der Waals surface area contributed by atoms with Crippen LogP contribution in [-0.2, 0) is 4.79 Å². The summed E-state index contributed by atoms with van der Waals surface area (Å²) in [5.74, 6) is -0.696. The van der Waals surface area contributed by atoms with E-state index in [0.717, 1.165) is 14.9 Å². The average Bonchev–Trinajstić information content (AvgIpc) is 2.98. The van der Waals surface area contributed by atoms with Crippen LogP contribution in [0.15, 0.2) is 71.2 Å². The minimum atomic E-state index is -0.609. The maximum atomic E-state index is 12.6. The summed E-state index contributed by atoms with van der Waals surface area (Å²) in [4.78, 5) is 38.5. The van der Waals surface area contributed by atoms with Gasteiger partial charge in [0, 0.05) is 6.07 Å². The van der Waals surface area contributed by atoms with E-state index in [1.165, 1.54) is 6.07 Å². The monoisotopic (exact) mass is 465 g/mol. The summed E-state index contributed by atoms with van der Waals surface area (Å²) >= 11 is 3.39. The van der Waals surface area contributed by atoms with Gasteiger partial charge in [-0.1, -0.05) is 24.3 Å². The zero-order valence-electron chi connectivity index (χ0n) is 15.9. The van der Waals surface area contributed by atoms with Crippen molar-refractivity contribution in [2.75, 3.05) is 11.5 Å². The van der Waals surface area contributed by atoms with Crippen molar-refractivity contribution in [3.05, 3.63) is 87.9 Å². The zero-order chi connectivity index (χ0) is 21.3. The molecule has 0 N–H and O–H groups in total. The van der Waals surface area contributed by atoms with Crippen molar-refractivity contribution in [1.82, 2.24) is 0 Å². The molecule has 0 bridgehead atoms. The molecule has 0 radical (unpaired) electrons. The first-order valence-corrected chi connectivity index (χ1v) is 9.91. The average molecular weight is 466 g/mol. The highest BCUT2D eigenvalue weighted by molar-refractivity contribution is 9.10. The van der Waals surface area contributed by atoms with Gasteiger partial charge in [-0.2, -0.15) is 0 Å². The number of esters is 1. The fourth-order valence-corrected chi connectivity index (χ4v) is 3.74. The summed E-state index contributed by atoms with van der Waals surface area (Å²) in [6, 6.07) is 18.4. The number of fused-ring (bicyclic) bond motifs is 1. The number of halogens is 1. The molecule has 0 aliphatic carbocycles. The fraction of sp³-hybridized carbons (Fsp3) is 0.0870. The van der Waals surface area contributed by atoms with Crippen molar-refractivity contribution in [1.29, 1.82) is 0 Å². The molecule has 0 saturated carbocycles. The number of rotatable bonds is 5. The highest BCUT2D eigenvalue weighted by Crippen LogP contribution is 2.30. The molecule has 0 spiro atoms. The molecule has 3 aromatic carbocycles. The Kier molecular flexibility index (Phi) is 5.37. The van der Waals surface area contributed by atoms with Gasteiger partial charge < -0.3 is 9.47 Å². The van der Waals surface area contributed by atoms with Gasteiger partial charge in [-0.05, 0) is 64.8 Å². The summed E-state index contributed by atoms with van der Waals surface area (Å²) in [7, 11) is 0. The first-order valence-electron chi connectivity index (χ1n) is 9.11. The Morgan fingerprint density at radius 2 is 1.63 bits per heavy atom. The number of carbonyl (C=O) groups excluding carboxylic acids is 3. The van der Waals surface area contributed by atoms with Crippen LogP contribution >= 0.6 is 15.9 Å². The van der Waals surface area contributed by atoms with E-state index in [-0.39, 0.29) is 12.4 Å². The van der Waals surface area contributed by atoms with Crippen LogP contribution in [0.3, 0.4) is 0 Å². The molecule has 4 rings (SSSR count). The van der Waals surface area contributed by atoms with Crippen LogP contribution in [0.1, 0.15) is 26.3 Å². The number of ether oxygens (including phenoxy) is 2. The number of hydrogen-bond donors (Lipinski definition) is 0. The molecule has 0 atom stereocenters. The first-order chi connectivity index (χ1) is 14.4. The first kappa shape index (κ1) is 19.8. The molecule has 0 unspecified atom stereocenters. The summed E-state index contributed by atoms with van der Waals surface area (Å²) in [6.07, 6.45) is 0. The number of amides is 2. The molecular weight excluding hydrogens is 450 g/mol. The number of nitrogens with zero attached hydrogens (tertiary/aromatic N) is 1. The molecular formula is C23H16BrNO5. The van der Waals surface area contributed by atoms with Crippen LogP contribution in [0.5, 0.6) is 11.5 Å². The molecule has 0 fully saturated rings. The highest BCUT2D eigenvalue weighted by Gasteiger charge is 2.36. The van der Waals surface area contributed by atoms with Crippen molar-refractivity contribution in [2.45, 2.75) is 6.92 Å². The smallest absolute Gasteiger partial charge is 0.349 e. The van der Waals surface area contributed by atoms with Crippen molar-refractivity contribution in [3.63, 3.8) is 0 Å². The number of benzene rings is 3. The lowest BCUT2D eigenvalue weighted by Gasteiger charge is -2.15. The van der Waals surface area contributed by atoms with E-state index in [1.807, 2.05) is 19.1 Å². The van der Waals surface area contributed by atoms with E-state index in [1.54, 1.807) is 48.5 Å². The van der Waals surface area contributed by atoms with Gasteiger partial charge in [-0.25, -0.2) is 9.69 Å². The molecule has 3 aromatic rings. The van der Waals surface area contributed by atoms with Gasteiger partial charge in [0.2, 0.25) is 0 Å². The lowest BCUT2D eigenvalue weighted by molar-refractivity contribution is -0.136. The molecule has 1 aliphatic rings. The molecule has 7 heteroatoms.